The van der Waals surface area contributed by atoms with Gasteiger partial charge in [0.1, 0.15) is 0 Å². The summed E-state index contributed by atoms with van der Waals surface area (Å²) in [5, 5.41) is 0. The third kappa shape index (κ3) is 2.32. The zero-order valence-electron chi connectivity index (χ0n) is 11.3. The van der Waals surface area contributed by atoms with Crippen LogP contribution in [0.5, 0.6) is 0 Å². The van der Waals surface area contributed by atoms with Gasteiger partial charge in [-0.3, -0.25) is 4.31 Å². The summed E-state index contributed by atoms with van der Waals surface area (Å²) in [6, 6.07) is 5.92. The molecule has 0 aliphatic carbocycles. The zero-order chi connectivity index (χ0) is 13.5. The predicted octanol–water partition coefficient (Wildman–Crippen LogP) is 1.85. The largest absolute Gasteiger partial charge is 0.373 e. The minimum atomic E-state index is -3.23. The van der Waals surface area contributed by atoms with Crippen LogP contribution in [0.3, 0.4) is 0 Å². The summed E-state index contributed by atoms with van der Waals surface area (Å²) < 4.78 is 25.6. The molecule has 18 heavy (non-hydrogen) atoms. The Labute approximate surface area is 109 Å². The van der Waals surface area contributed by atoms with Crippen LogP contribution >= 0.6 is 0 Å². The molecule has 1 atom stereocenters. The third-order valence-corrected chi connectivity index (χ3v) is 4.47. The Kier molecular flexibility index (Phi) is 3.27. The Morgan fingerprint density at radius 1 is 1.28 bits per heavy atom. The Morgan fingerprint density at radius 3 is 2.56 bits per heavy atom. The molecular weight excluding hydrogens is 248 g/mol. The van der Waals surface area contributed by atoms with Gasteiger partial charge in [-0.25, -0.2) is 8.42 Å². The third-order valence-electron chi connectivity index (χ3n) is 3.34. The fraction of sp³-hybridized carbons (Fsp3) is 0.538. The number of hydrogen-bond acceptors (Lipinski definition) is 3. The van der Waals surface area contributed by atoms with E-state index in [4.69, 9.17) is 0 Å². The molecule has 1 aliphatic heterocycles. The summed E-state index contributed by atoms with van der Waals surface area (Å²) in [6.45, 7) is 5.44. The lowest BCUT2D eigenvalue weighted by atomic mass is 10.1. The van der Waals surface area contributed by atoms with E-state index in [9.17, 15) is 8.42 Å². The molecule has 0 bridgehead atoms. The fourth-order valence-electron chi connectivity index (χ4n) is 2.58. The van der Waals surface area contributed by atoms with Crippen molar-refractivity contribution in [1.29, 1.82) is 0 Å². The number of rotatable bonds is 1. The molecule has 1 aromatic carbocycles. The van der Waals surface area contributed by atoms with Gasteiger partial charge in [-0.1, -0.05) is 19.1 Å². The summed E-state index contributed by atoms with van der Waals surface area (Å²) >= 11 is 0. The monoisotopic (exact) mass is 268 g/mol. The van der Waals surface area contributed by atoms with E-state index in [0.717, 1.165) is 23.5 Å². The first-order valence-electron chi connectivity index (χ1n) is 6.09. The molecule has 0 N–H and O–H groups in total. The minimum Gasteiger partial charge on any atom is -0.373 e. The van der Waals surface area contributed by atoms with Crippen molar-refractivity contribution in [1.82, 2.24) is 0 Å². The molecule has 1 heterocycles. The van der Waals surface area contributed by atoms with Crippen LogP contribution in [0.25, 0.3) is 0 Å². The van der Waals surface area contributed by atoms with Crippen LogP contribution in [0, 0.1) is 12.8 Å². The predicted molar refractivity (Wildman–Crippen MR) is 75.8 cm³/mol. The average Bonchev–Trinajstić information content (AvgIpc) is 2.36. The van der Waals surface area contributed by atoms with Crippen LogP contribution in [0.15, 0.2) is 18.2 Å². The maximum Gasteiger partial charge on any atom is 0.232 e. The van der Waals surface area contributed by atoms with Gasteiger partial charge in [0, 0.05) is 20.1 Å². The van der Waals surface area contributed by atoms with Crippen LogP contribution < -0.4 is 9.21 Å². The Hall–Kier alpha value is -1.23. The van der Waals surface area contributed by atoms with Crippen LogP contribution in [-0.2, 0) is 10.0 Å². The number of aryl methyl sites for hydroxylation is 1. The maximum absolute atomic E-state index is 12.0. The number of nitrogens with zero attached hydrogens (tertiary/aromatic N) is 2. The molecule has 100 valence electrons. The van der Waals surface area contributed by atoms with Crippen molar-refractivity contribution in [3.05, 3.63) is 23.8 Å². The molecule has 1 aromatic rings. The normalized spacial score (nSPS) is 20.6. The number of fused-ring (bicyclic) bond motifs is 1. The number of benzene rings is 1. The van der Waals surface area contributed by atoms with Crippen molar-refractivity contribution < 1.29 is 8.42 Å². The maximum atomic E-state index is 12.0. The van der Waals surface area contributed by atoms with E-state index >= 15 is 0 Å². The highest BCUT2D eigenvalue weighted by Gasteiger charge is 2.28. The lowest BCUT2D eigenvalue weighted by molar-refractivity contribution is 0.570. The van der Waals surface area contributed by atoms with E-state index < -0.39 is 10.0 Å². The van der Waals surface area contributed by atoms with E-state index in [-0.39, 0.29) is 0 Å². The highest BCUT2D eigenvalue weighted by atomic mass is 32.2. The first kappa shape index (κ1) is 13.2. The topological polar surface area (TPSA) is 40.6 Å². The number of hydrogen-bond donors (Lipinski definition) is 0. The Morgan fingerprint density at radius 2 is 1.94 bits per heavy atom. The van der Waals surface area contributed by atoms with Crippen LogP contribution in [-0.4, -0.2) is 34.8 Å². The summed E-state index contributed by atoms with van der Waals surface area (Å²) in [7, 11) is -1.22. The highest BCUT2D eigenvalue weighted by Crippen LogP contribution is 2.36. The lowest BCUT2D eigenvalue weighted by Gasteiger charge is -2.26. The molecule has 0 fully saturated rings. The van der Waals surface area contributed by atoms with Gasteiger partial charge in [0.15, 0.2) is 0 Å². The second-order valence-electron chi connectivity index (χ2n) is 5.22. The van der Waals surface area contributed by atoms with Crippen molar-refractivity contribution in [2.45, 2.75) is 13.8 Å². The smallest absolute Gasteiger partial charge is 0.232 e. The molecule has 1 aliphatic rings. The van der Waals surface area contributed by atoms with Gasteiger partial charge < -0.3 is 4.90 Å². The first-order chi connectivity index (χ1) is 8.30. The van der Waals surface area contributed by atoms with E-state index in [1.165, 1.54) is 6.26 Å². The molecule has 2 rings (SSSR count). The van der Waals surface area contributed by atoms with Gasteiger partial charge in [-0.15, -0.1) is 0 Å². The van der Waals surface area contributed by atoms with Gasteiger partial charge in [-0.2, -0.15) is 0 Å². The number of sulfonamides is 1. The molecular formula is C13H20N2O2S. The zero-order valence-corrected chi connectivity index (χ0v) is 12.2. The molecule has 0 radical (unpaired) electrons. The molecule has 0 amide bonds. The van der Waals surface area contributed by atoms with E-state index in [1.54, 1.807) is 4.31 Å². The van der Waals surface area contributed by atoms with Crippen molar-refractivity contribution in [2.24, 2.45) is 5.92 Å². The molecule has 5 heteroatoms. The van der Waals surface area contributed by atoms with Crippen molar-refractivity contribution in [3.63, 3.8) is 0 Å². The van der Waals surface area contributed by atoms with Gasteiger partial charge in [-0.05, 0) is 24.5 Å². The molecule has 0 saturated carbocycles. The van der Waals surface area contributed by atoms with Crippen molar-refractivity contribution in [3.8, 4) is 0 Å². The van der Waals surface area contributed by atoms with E-state index in [2.05, 4.69) is 11.8 Å². The Balaban J connectivity index is 2.66. The molecule has 4 nitrogen and oxygen atoms in total. The lowest BCUT2D eigenvalue weighted by Crippen LogP contribution is -2.34. The van der Waals surface area contributed by atoms with E-state index in [0.29, 0.717) is 12.5 Å². The molecule has 0 spiro atoms. The minimum absolute atomic E-state index is 0.302. The van der Waals surface area contributed by atoms with Crippen molar-refractivity contribution >= 4 is 21.4 Å². The average molecular weight is 268 g/mol. The SMILES string of the molecule is Cc1cccc2c1N(S(C)(=O)=O)C[C@@H](C)CN2C. The van der Waals surface area contributed by atoms with Crippen molar-refractivity contribution in [2.75, 3.05) is 35.6 Å². The van der Waals surface area contributed by atoms with Gasteiger partial charge >= 0.3 is 0 Å². The summed E-state index contributed by atoms with van der Waals surface area (Å²) in [5.74, 6) is 0.302. The van der Waals surface area contributed by atoms with Crippen LogP contribution in [0.4, 0.5) is 11.4 Å². The summed E-state index contributed by atoms with van der Waals surface area (Å²) in [5.41, 5.74) is 2.82. The fourth-order valence-corrected chi connectivity index (χ4v) is 3.67. The first-order valence-corrected chi connectivity index (χ1v) is 7.94. The van der Waals surface area contributed by atoms with E-state index in [1.807, 2.05) is 32.2 Å². The van der Waals surface area contributed by atoms with Gasteiger partial charge in [0.05, 0.1) is 17.6 Å². The quantitative estimate of drug-likeness (QED) is 0.780. The second kappa shape index (κ2) is 4.46. The van der Waals surface area contributed by atoms with Gasteiger partial charge in [0.25, 0.3) is 0 Å². The molecule has 0 saturated heterocycles. The van der Waals surface area contributed by atoms with Crippen LogP contribution in [0.1, 0.15) is 12.5 Å². The standard InChI is InChI=1S/C13H20N2O2S/c1-10-8-14(3)12-7-5-6-11(2)13(12)15(9-10)18(4,16)17/h5-7,10H,8-9H2,1-4H3/t10-/m0/s1. The molecule has 0 aromatic heterocycles. The van der Waals surface area contributed by atoms with Gasteiger partial charge in [0.2, 0.25) is 10.0 Å². The Bertz CT molecular complexity index is 554. The highest BCUT2D eigenvalue weighted by molar-refractivity contribution is 7.92. The number of para-hydroxylation sites is 1. The second-order valence-corrected chi connectivity index (χ2v) is 7.13. The van der Waals surface area contributed by atoms with Crippen LogP contribution in [0.2, 0.25) is 0 Å². The number of anilines is 2. The molecule has 0 unspecified atom stereocenters. The summed E-state index contributed by atoms with van der Waals surface area (Å²) in [4.78, 5) is 2.14. The summed E-state index contributed by atoms with van der Waals surface area (Å²) in [6.07, 6.45) is 1.28.